The van der Waals surface area contributed by atoms with Gasteiger partial charge >= 0.3 is 0 Å². The zero-order valence-electron chi connectivity index (χ0n) is 12.3. The van der Waals surface area contributed by atoms with Crippen LogP contribution in [0.1, 0.15) is 34.1 Å². The second-order valence-corrected chi connectivity index (χ2v) is 6.52. The van der Waals surface area contributed by atoms with E-state index in [1.807, 2.05) is 29.6 Å². The van der Waals surface area contributed by atoms with Gasteiger partial charge in [-0.2, -0.15) is 0 Å². The van der Waals surface area contributed by atoms with Crippen LogP contribution in [-0.4, -0.2) is 13.0 Å². The lowest BCUT2D eigenvalue weighted by atomic mass is 9.88. The van der Waals surface area contributed by atoms with Crippen molar-refractivity contribution in [1.82, 2.24) is 0 Å². The van der Waals surface area contributed by atoms with Gasteiger partial charge in [0.2, 0.25) is 0 Å². The van der Waals surface area contributed by atoms with Crippen molar-refractivity contribution in [3.05, 3.63) is 45.6 Å². The first kappa shape index (κ1) is 14.1. The summed E-state index contributed by atoms with van der Waals surface area (Å²) in [7, 11) is 1.61. The lowest BCUT2D eigenvalue weighted by Gasteiger charge is -2.19. The smallest absolute Gasteiger partial charge is 0.256 e. The second kappa shape index (κ2) is 5.90. The summed E-state index contributed by atoms with van der Waals surface area (Å²) in [5.74, 6) is 1.37. The minimum atomic E-state index is -0.0356. The van der Waals surface area contributed by atoms with Crippen LogP contribution in [0.15, 0.2) is 29.6 Å². The van der Waals surface area contributed by atoms with E-state index in [2.05, 4.69) is 12.2 Å². The molecule has 1 aromatic carbocycles. The number of nitrogens with one attached hydrogen (secondary N) is 1. The van der Waals surface area contributed by atoms with Crippen LogP contribution in [0.25, 0.3) is 0 Å². The van der Waals surface area contributed by atoms with E-state index in [0.717, 1.165) is 24.3 Å². The molecule has 0 spiro atoms. The van der Waals surface area contributed by atoms with Crippen LogP contribution in [0.3, 0.4) is 0 Å². The van der Waals surface area contributed by atoms with Crippen molar-refractivity contribution in [1.29, 1.82) is 0 Å². The van der Waals surface area contributed by atoms with E-state index in [4.69, 9.17) is 4.74 Å². The van der Waals surface area contributed by atoms with Crippen LogP contribution in [-0.2, 0) is 12.8 Å². The molecular formula is C17H19NO2S. The van der Waals surface area contributed by atoms with Crippen molar-refractivity contribution < 1.29 is 9.53 Å². The number of fused-ring (bicyclic) bond motifs is 1. The van der Waals surface area contributed by atoms with Gasteiger partial charge in [0.15, 0.2) is 0 Å². The molecule has 1 N–H and O–H groups in total. The van der Waals surface area contributed by atoms with Gasteiger partial charge in [-0.3, -0.25) is 4.79 Å². The van der Waals surface area contributed by atoms with E-state index >= 15 is 0 Å². The summed E-state index contributed by atoms with van der Waals surface area (Å²) in [4.78, 5) is 13.9. The molecule has 0 saturated carbocycles. The Bertz CT molecular complexity index is 663. The molecule has 21 heavy (non-hydrogen) atoms. The summed E-state index contributed by atoms with van der Waals surface area (Å²) < 4.78 is 5.28. The molecule has 4 heteroatoms. The number of hydrogen-bond acceptors (Lipinski definition) is 3. The average Bonchev–Trinajstić information content (AvgIpc) is 2.90. The minimum absolute atomic E-state index is 0.0356. The molecule has 0 bridgehead atoms. The molecule has 1 aromatic heterocycles. The number of thiophene rings is 1. The fourth-order valence-corrected chi connectivity index (χ4v) is 4.05. The Labute approximate surface area is 129 Å². The van der Waals surface area contributed by atoms with Crippen LogP contribution < -0.4 is 10.1 Å². The molecule has 0 aliphatic heterocycles. The number of methoxy groups -OCH3 is 1. The van der Waals surface area contributed by atoms with E-state index in [-0.39, 0.29) is 5.91 Å². The van der Waals surface area contributed by atoms with Crippen molar-refractivity contribution in [2.75, 3.05) is 12.4 Å². The van der Waals surface area contributed by atoms with Crippen LogP contribution in [0.5, 0.6) is 5.75 Å². The van der Waals surface area contributed by atoms with Crippen molar-refractivity contribution in [3.63, 3.8) is 0 Å². The normalized spacial score (nSPS) is 17.1. The van der Waals surface area contributed by atoms with Crippen LogP contribution in [0, 0.1) is 5.92 Å². The van der Waals surface area contributed by atoms with E-state index < -0.39 is 0 Å². The third kappa shape index (κ3) is 2.81. The number of anilines is 1. The second-order valence-electron chi connectivity index (χ2n) is 5.55. The largest absolute Gasteiger partial charge is 0.495 e. The molecule has 1 aliphatic rings. The zero-order valence-corrected chi connectivity index (χ0v) is 13.1. The number of ether oxygens (including phenoxy) is 1. The van der Waals surface area contributed by atoms with Crippen LogP contribution in [0.2, 0.25) is 0 Å². The van der Waals surface area contributed by atoms with Crippen molar-refractivity contribution >= 4 is 22.9 Å². The summed E-state index contributed by atoms with van der Waals surface area (Å²) in [6.45, 7) is 2.28. The lowest BCUT2D eigenvalue weighted by molar-refractivity contribution is 0.102. The number of para-hydroxylation sites is 2. The lowest BCUT2D eigenvalue weighted by Crippen LogP contribution is -2.16. The highest BCUT2D eigenvalue weighted by Gasteiger charge is 2.23. The molecule has 0 saturated heterocycles. The molecule has 1 atom stereocenters. The quantitative estimate of drug-likeness (QED) is 0.925. The molecule has 0 unspecified atom stereocenters. The highest BCUT2D eigenvalue weighted by molar-refractivity contribution is 7.10. The average molecular weight is 301 g/mol. The first-order valence-corrected chi connectivity index (χ1v) is 8.10. The van der Waals surface area contributed by atoms with Gasteiger partial charge < -0.3 is 10.1 Å². The Morgan fingerprint density at radius 2 is 2.19 bits per heavy atom. The standard InChI is InChI=1S/C17H19NO2S/c1-11-7-8-12-13(10-21-16(12)9-11)17(19)18-14-5-3-4-6-15(14)20-2/h3-6,10-11H,7-9H2,1-2H3,(H,18,19)/t11-/m1/s1. The van der Waals surface area contributed by atoms with E-state index in [1.54, 1.807) is 18.4 Å². The molecule has 0 fully saturated rings. The first-order chi connectivity index (χ1) is 10.2. The summed E-state index contributed by atoms with van der Waals surface area (Å²) >= 11 is 1.71. The Morgan fingerprint density at radius 1 is 1.38 bits per heavy atom. The Balaban J connectivity index is 1.83. The third-order valence-corrected chi connectivity index (χ3v) is 5.05. The highest BCUT2D eigenvalue weighted by Crippen LogP contribution is 2.33. The Morgan fingerprint density at radius 3 is 3.00 bits per heavy atom. The van der Waals surface area contributed by atoms with Crippen molar-refractivity contribution in [3.8, 4) is 5.75 Å². The van der Waals surface area contributed by atoms with Gasteiger partial charge in [0, 0.05) is 10.3 Å². The maximum atomic E-state index is 12.5. The molecule has 3 nitrogen and oxygen atoms in total. The van der Waals surface area contributed by atoms with E-state index in [9.17, 15) is 4.79 Å². The van der Waals surface area contributed by atoms with Gasteiger partial charge in [0.05, 0.1) is 18.4 Å². The summed E-state index contributed by atoms with van der Waals surface area (Å²) in [6, 6.07) is 7.49. The predicted molar refractivity (Wildman–Crippen MR) is 86.5 cm³/mol. The zero-order chi connectivity index (χ0) is 14.8. The summed E-state index contributed by atoms with van der Waals surface area (Å²) in [6.07, 6.45) is 3.27. The maximum Gasteiger partial charge on any atom is 0.256 e. The Kier molecular flexibility index (Phi) is 3.97. The number of rotatable bonds is 3. The molecule has 1 amide bonds. The van der Waals surface area contributed by atoms with Crippen molar-refractivity contribution in [2.24, 2.45) is 5.92 Å². The van der Waals surface area contributed by atoms with Crippen LogP contribution in [0.4, 0.5) is 5.69 Å². The maximum absolute atomic E-state index is 12.5. The first-order valence-electron chi connectivity index (χ1n) is 7.22. The van der Waals surface area contributed by atoms with Crippen LogP contribution >= 0.6 is 11.3 Å². The number of carbonyl (C=O) groups excluding carboxylic acids is 1. The molecule has 1 heterocycles. The summed E-state index contributed by atoms with van der Waals surface area (Å²) in [5, 5.41) is 4.96. The molecular weight excluding hydrogens is 282 g/mol. The number of benzene rings is 1. The third-order valence-electron chi connectivity index (χ3n) is 4.00. The molecule has 110 valence electrons. The van der Waals surface area contributed by atoms with Gasteiger partial charge in [-0.1, -0.05) is 19.1 Å². The minimum Gasteiger partial charge on any atom is -0.495 e. The molecule has 2 aromatic rings. The molecule has 0 radical (unpaired) electrons. The van der Waals surface area contributed by atoms with Gasteiger partial charge in [-0.15, -0.1) is 11.3 Å². The predicted octanol–water partition coefficient (Wildman–Crippen LogP) is 4.13. The van der Waals surface area contributed by atoms with Gasteiger partial charge in [-0.05, 0) is 42.9 Å². The monoisotopic (exact) mass is 301 g/mol. The van der Waals surface area contributed by atoms with E-state index in [0.29, 0.717) is 11.4 Å². The van der Waals surface area contributed by atoms with Gasteiger partial charge in [0.1, 0.15) is 5.75 Å². The number of carbonyl (C=O) groups is 1. The number of amides is 1. The fourth-order valence-electron chi connectivity index (χ4n) is 2.81. The molecule has 3 rings (SSSR count). The topological polar surface area (TPSA) is 38.3 Å². The van der Waals surface area contributed by atoms with Gasteiger partial charge in [-0.25, -0.2) is 0 Å². The number of hydrogen-bond donors (Lipinski definition) is 1. The van der Waals surface area contributed by atoms with Crippen molar-refractivity contribution in [2.45, 2.75) is 26.2 Å². The molecule has 1 aliphatic carbocycles. The highest BCUT2D eigenvalue weighted by atomic mass is 32.1. The Hall–Kier alpha value is -1.81. The van der Waals surface area contributed by atoms with E-state index in [1.165, 1.54) is 16.9 Å². The van der Waals surface area contributed by atoms with Gasteiger partial charge in [0.25, 0.3) is 5.91 Å². The summed E-state index contributed by atoms with van der Waals surface area (Å²) in [5.41, 5.74) is 2.78. The fraction of sp³-hybridized carbons (Fsp3) is 0.353. The SMILES string of the molecule is COc1ccccc1NC(=O)c1csc2c1CC[C@@H](C)C2.